The van der Waals surface area contributed by atoms with Crippen LogP contribution in [0.3, 0.4) is 0 Å². The molecule has 0 amide bonds. The standard InChI is InChI=1S/C11H16O5/c1-3-4-6-8(12)9(13)7-10(16-6)5(2)15-11(7)14/h3-10,12-13H,1-2H3/b4-3+/t5-,6+,7-,8+,9+,10+/m0/s1. The largest absolute Gasteiger partial charge is 0.460 e. The number of aliphatic hydroxyl groups excluding tert-OH is 2. The summed E-state index contributed by atoms with van der Waals surface area (Å²) in [6, 6.07) is 0. The van der Waals surface area contributed by atoms with E-state index in [9.17, 15) is 15.0 Å². The number of cyclic esters (lactones) is 1. The summed E-state index contributed by atoms with van der Waals surface area (Å²) in [6.07, 6.45) is -0.256. The van der Waals surface area contributed by atoms with Crippen molar-refractivity contribution in [2.75, 3.05) is 0 Å². The molecule has 0 aliphatic carbocycles. The lowest BCUT2D eigenvalue weighted by atomic mass is 9.86. The minimum absolute atomic E-state index is 0.382. The number of allylic oxidation sites excluding steroid dienone is 1. The first-order valence-corrected chi connectivity index (χ1v) is 5.41. The van der Waals surface area contributed by atoms with E-state index in [1.54, 1.807) is 26.0 Å². The average molecular weight is 228 g/mol. The molecule has 2 N–H and O–H groups in total. The van der Waals surface area contributed by atoms with Crippen LogP contribution in [0.15, 0.2) is 12.2 Å². The number of ether oxygens (including phenoxy) is 2. The highest BCUT2D eigenvalue weighted by atomic mass is 16.6. The fourth-order valence-corrected chi connectivity index (χ4v) is 2.30. The molecule has 0 aromatic carbocycles. The van der Waals surface area contributed by atoms with E-state index in [0.717, 1.165) is 0 Å². The van der Waals surface area contributed by atoms with Gasteiger partial charge in [-0.25, -0.2) is 0 Å². The topological polar surface area (TPSA) is 76.0 Å². The van der Waals surface area contributed by atoms with Crippen molar-refractivity contribution in [2.45, 2.75) is 44.4 Å². The van der Waals surface area contributed by atoms with Gasteiger partial charge in [-0.15, -0.1) is 0 Å². The Morgan fingerprint density at radius 3 is 2.62 bits per heavy atom. The Kier molecular flexibility index (Phi) is 3.01. The molecule has 2 aliphatic rings. The molecule has 0 spiro atoms. The van der Waals surface area contributed by atoms with Gasteiger partial charge in [-0.1, -0.05) is 12.2 Å². The van der Waals surface area contributed by atoms with Gasteiger partial charge in [0, 0.05) is 0 Å². The van der Waals surface area contributed by atoms with Crippen molar-refractivity contribution in [3.63, 3.8) is 0 Å². The molecule has 2 heterocycles. The van der Waals surface area contributed by atoms with Crippen LogP contribution in [0.4, 0.5) is 0 Å². The van der Waals surface area contributed by atoms with E-state index in [2.05, 4.69) is 0 Å². The fraction of sp³-hybridized carbons (Fsp3) is 0.727. The lowest BCUT2D eigenvalue weighted by Crippen LogP contribution is -2.55. The third kappa shape index (κ3) is 1.65. The highest BCUT2D eigenvalue weighted by Crippen LogP contribution is 2.35. The Labute approximate surface area is 93.7 Å². The SMILES string of the molecule is C/C=C/[C@H]1O[C@H]2[C@@H](C(=O)O[C@H]2C)[C@@H](O)[C@@H]1O. The van der Waals surface area contributed by atoms with Crippen LogP contribution >= 0.6 is 0 Å². The average Bonchev–Trinajstić information content (AvgIpc) is 2.50. The van der Waals surface area contributed by atoms with Crippen LogP contribution in [-0.4, -0.2) is 46.7 Å². The summed E-state index contributed by atoms with van der Waals surface area (Å²) in [5.74, 6) is -1.27. The predicted molar refractivity (Wildman–Crippen MR) is 54.5 cm³/mol. The van der Waals surface area contributed by atoms with E-state index in [4.69, 9.17) is 9.47 Å². The molecule has 0 saturated carbocycles. The lowest BCUT2D eigenvalue weighted by Gasteiger charge is -2.37. The predicted octanol–water partition coefficient (Wildman–Crippen LogP) is -0.387. The van der Waals surface area contributed by atoms with E-state index in [-0.39, 0.29) is 6.10 Å². The Morgan fingerprint density at radius 1 is 1.31 bits per heavy atom. The van der Waals surface area contributed by atoms with Crippen LogP contribution in [0.1, 0.15) is 13.8 Å². The molecule has 16 heavy (non-hydrogen) atoms. The quantitative estimate of drug-likeness (QED) is 0.472. The molecular weight excluding hydrogens is 212 g/mol. The molecule has 2 aliphatic heterocycles. The van der Waals surface area contributed by atoms with Crippen LogP contribution < -0.4 is 0 Å². The molecule has 6 atom stereocenters. The Balaban J connectivity index is 2.23. The maximum Gasteiger partial charge on any atom is 0.314 e. The summed E-state index contributed by atoms with van der Waals surface area (Å²) in [7, 11) is 0. The monoisotopic (exact) mass is 228 g/mol. The van der Waals surface area contributed by atoms with Crippen LogP contribution in [0.2, 0.25) is 0 Å². The Morgan fingerprint density at radius 2 is 2.00 bits per heavy atom. The Hall–Kier alpha value is -0.910. The van der Waals surface area contributed by atoms with Gasteiger partial charge in [0.1, 0.15) is 30.3 Å². The lowest BCUT2D eigenvalue weighted by molar-refractivity contribution is -0.180. The molecule has 0 aromatic heterocycles. The summed E-state index contributed by atoms with van der Waals surface area (Å²) >= 11 is 0. The summed E-state index contributed by atoms with van der Waals surface area (Å²) in [4.78, 5) is 11.4. The van der Waals surface area contributed by atoms with Crippen molar-refractivity contribution < 1.29 is 24.5 Å². The number of hydrogen-bond donors (Lipinski definition) is 2. The smallest absolute Gasteiger partial charge is 0.314 e. The maximum absolute atomic E-state index is 11.4. The van der Waals surface area contributed by atoms with E-state index < -0.39 is 36.3 Å². The number of esters is 1. The first-order valence-electron chi connectivity index (χ1n) is 5.41. The second-order valence-corrected chi connectivity index (χ2v) is 4.24. The highest BCUT2D eigenvalue weighted by molar-refractivity contribution is 5.76. The van der Waals surface area contributed by atoms with E-state index in [1.807, 2.05) is 0 Å². The van der Waals surface area contributed by atoms with Crippen molar-refractivity contribution >= 4 is 5.97 Å². The van der Waals surface area contributed by atoms with Gasteiger partial charge in [-0.05, 0) is 13.8 Å². The molecule has 0 unspecified atom stereocenters. The van der Waals surface area contributed by atoms with Crippen LogP contribution in [0.25, 0.3) is 0 Å². The minimum Gasteiger partial charge on any atom is -0.460 e. The zero-order valence-corrected chi connectivity index (χ0v) is 9.24. The first kappa shape index (κ1) is 11.6. The third-order valence-electron chi connectivity index (χ3n) is 3.14. The highest BCUT2D eigenvalue weighted by Gasteiger charge is 2.54. The summed E-state index contributed by atoms with van der Waals surface area (Å²) < 4.78 is 10.6. The summed E-state index contributed by atoms with van der Waals surface area (Å²) in [5, 5.41) is 19.7. The van der Waals surface area contributed by atoms with Crippen molar-refractivity contribution in [3.05, 3.63) is 12.2 Å². The van der Waals surface area contributed by atoms with E-state index in [1.165, 1.54) is 0 Å². The van der Waals surface area contributed by atoms with Crippen molar-refractivity contribution in [2.24, 2.45) is 5.92 Å². The number of rotatable bonds is 1. The van der Waals surface area contributed by atoms with E-state index in [0.29, 0.717) is 0 Å². The van der Waals surface area contributed by atoms with Gasteiger partial charge in [-0.3, -0.25) is 4.79 Å². The summed E-state index contributed by atoms with van der Waals surface area (Å²) in [5.41, 5.74) is 0. The van der Waals surface area contributed by atoms with Crippen LogP contribution in [0.5, 0.6) is 0 Å². The molecule has 0 radical (unpaired) electrons. The first-order chi connectivity index (χ1) is 7.56. The van der Waals surface area contributed by atoms with E-state index >= 15 is 0 Å². The van der Waals surface area contributed by atoms with Gasteiger partial charge in [0.2, 0.25) is 0 Å². The second kappa shape index (κ2) is 4.16. The molecule has 2 rings (SSSR count). The minimum atomic E-state index is -1.13. The fourth-order valence-electron chi connectivity index (χ4n) is 2.30. The summed E-state index contributed by atoms with van der Waals surface area (Å²) in [6.45, 7) is 3.52. The molecule has 2 fully saturated rings. The molecule has 2 saturated heterocycles. The zero-order chi connectivity index (χ0) is 11.9. The second-order valence-electron chi connectivity index (χ2n) is 4.24. The third-order valence-corrected chi connectivity index (χ3v) is 3.14. The number of aliphatic hydroxyl groups is 2. The zero-order valence-electron chi connectivity index (χ0n) is 9.24. The maximum atomic E-state index is 11.4. The van der Waals surface area contributed by atoms with Gasteiger partial charge in [0.25, 0.3) is 0 Å². The molecule has 0 bridgehead atoms. The van der Waals surface area contributed by atoms with Crippen molar-refractivity contribution in [3.8, 4) is 0 Å². The number of carbonyl (C=O) groups is 1. The number of fused-ring (bicyclic) bond motifs is 1. The van der Waals surface area contributed by atoms with Gasteiger partial charge < -0.3 is 19.7 Å². The van der Waals surface area contributed by atoms with Crippen LogP contribution in [0, 0.1) is 5.92 Å². The Bertz CT molecular complexity index is 313. The van der Waals surface area contributed by atoms with Crippen molar-refractivity contribution in [1.29, 1.82) is 0 Å². The van der Waals surface area contributed by atoms with Gasteiger partial charge in [0.05, 0.1) is 6.10 Å². The molecule has 5 nitrogen and oxygen atoms in total. The van der Waals surface area contributed by atoms with Gasteiger partial charge in [-0.2, -0.15) is 0 Å². The number of carbonyl (C=O) groups excluding carboxylic acids is 1. The van der Waals surface area contributed by atoms with Gasteiger partial charge >= 0.3 is 5.97 Å². The normalized spacial score (nSPS) is 48.1. The number of hydrogen-bond acceptors (Lipinski definition) is 5. The molecule has 90 valence electrons. The molecule has 0 aromatic rings. The van der Waals surface area contributed by atoms with Gasteiger partial charge in [0.15, 0.2) is 0 Å². The van der Waals surface area contributed by atoms with Crippen LogP contribution in [-0.2, 0) is 14.3 Å². The van der Waals surface area contributed by atoms with Crippen molar-refractivity contribution in [1.82, 2.24) is 0 Å². The molecular formula is C11H16O5. The molecule has 5 heteroatoms.